The van der Waals surface area contributed by atoms with E-state index in [0.29, 0.717) is 50.1 Å². The van der Waals surface area contributed by atoms with Gasteiger partial charge in [0.25, 0.3) is 0 Å². The van der Waals surface area contributed by atoms with E-state index in [1.807, 2.05) is 0 Å². The number of aromatic nitrogens is 1. The predicted molar refractivity (Wildman–Crippen MR) is 118 cm³/mol. The number of carbonyl (C=O) groups is 2. The molecule has 0 bridgehead atoms. The zero-order valence-corrected chi connectivity index (χ0v) is 18.8. The molecule has 0 radical (unpaired) electrons. The Balaban J connectivity index is 0.00000363. The lowest BCUT2D eigenvalue weighted by molar-refractivity contribution is -0.377. The maximum absolute atomic E-state index is 12.8. The summed E-state index contributed by atoms with van der Waals surface area (Å²) in [5.41, 5.74) is 2.09. The second kappa shape index (κ2) is 11.5. The molecular weight excluding hydrogens is 457 g/mol. The number of H-pyrrole nitrogens is 1. The molecule has 1 aromatic heterocycles. The number of aldehydes is 1. The van der Waals surface area contributed by atoms with E-state index in [-0.39, 0.29) is 11.9 Å². The number of ether oxygens (including phenoxy) is 3. The molecule has 2 aromatic carbocycles. The molecule has 168 valence electrons. The summed E-state index contributed by atoms with van der Waals surface area (Å²) < 4.78 is 16.5. The normalized spacial score (nSPS) is 11.1. The van der Waals surface area contributed by atoms with Gasteiger partial charge < -0.3 is 19.7 Å². The number of benzene rings is 2. The zero-order chi connectivity index (χ0) is 22.4. The first-order chi connectivity index (χ1) is 15.0. The number of esters is 1. The van der Waals surface area contributed by atoms with E-state index in [1.54, 1.807) is 42.7 Å². The molecular formula is C23H21Cl2NO6. The monoisotopic (exact) mass is 477 g/mol. The molecule has 3 aromatic rings. The lowest BCUT2D eigenvalue weighted by Gasteiger charge is -2.20. The standard InChI is InChI=1S/C23H19Cl2NO5.H2O/c1-29-20-8-7-16(9-22(20)30-2)21(10-17-18(24)11-26-12-19(17)25)31-23(28)15-5-3-14(13-27)4-6-15;/h3-9,11-13,21H,10H2,1-2H3;1H2/t21-;/m0./s1. The number of rotatable bonds is 8. The summed E-state index contributed by atoms with van der Waals surface area (Å²) in [5, 5.41) is 0.841. The number of carbonyl (C=O) groups excluding carboxylic acids is 2. The van der Waals surface area contributed by atoms with Crippen molar-refractivity contribution in [2.75, 3.05) is 14.2 Å². The molecule has 3 rings (SSSR count). The number of hydrogen-bond donors (Lipinski definition) is 0. The molecule has 0 spiro atoms. The van der Waals surface area contributed by atoms with Crippen molar-refractivity contribution in [2.24, 2.45) is 0 Å². The first-order valence-electron chi connectivity index (χ1n) is 9.29. The average molecular weight is 478 g/mol. The van der Waals surface area contributed by atoms with Gasteiger partial charge in [0.2, 0.25) is 0 Å². The molecule has 1 atom stereocenters. The van der Waals surface area contributed by atoms with E-state index < -0.39 is 12.1 Å². The van der Waals surface area contributed by atoms with Crippen molar-refractivity contribution in [1.29, 1.82) is 0 Å². The van der Waals surface area contributed by atoms with Crippen LogP contribution in [0.5, 0.6) is 11.5 Å². The summed E-state index contributed by atoms with van der Waals surface area (Å²) in [4.78, 5) is 26.5. The predicted octanol–water partition coefficient (Wildman–Crippen LogP) is 4.60. The lowest BCUT2D eigenvalue weighted by atomic mass is 10.0. The lowest BCUT2D eigenvalue weighted by Crippen LogP contribution is -2.15. The molecule has 0 saturated carbocycles. The Labute approximate surface area is 195 Å². The highest BCUT2D eigenvalue weighted by molar-refractivity contribution is 6.35. The van der Waals surface area contributed by atoms with E-state index in [1.165, 1.54) is 26.4 Å². The number of methoxy groups -OCH3 is 2. The highest BCUT2D eigenvalue weighted by Gasteiger charge is 2.24. The quantitative estimate of drug-likeness (QED) is 0.346. The molecule has 7 nitrogen and oxygen atoms in total. The second-order valence-corrected chi connectivity index (χ2v) is 7.40. The first-order valence-corrected chi connectivity index (χ1v) is 10.0. The smallest absolute Gasteiger partial charge is 0.338 e. The number of aromatic amines is 1. The third-order valence-corrected chi connectivity index (χ3v) is 5.37. The van der Waals surface area contributed by atoms with Crippen LogP contribution in [0, 0.1) is 0 Å². The van der Waals surface area contributed by atoms with Crippen LogP contribution in [0.3, 0.4) is 0 Å². The van der Waals surface area contributed by atoms with Crippen LogP contribution < -0.4 is 14.5 Å². The summed E-state index contributed by atoms with van der Waals surface area (Å²) in [5.74, 6) is 0.494. The van der Waals surface area contributed by atoms with Crippen LogP contribution in [-0.2, 0) is 11.2 Å². The Morgan fingerprint density at radius 3 is 2.19 bits per heavy atom. The molecule has 0 aliphatic rings. The highest BCUT2D eigenvalue weighted by atomic mass is 35.5. The fourth-order valence-corrected chi connectivity index (χ4v) is 3.56. The van der Waals surface area contributed by atoms with Gasteiger partial charge in [-0.1, -0.05) is 41.4 Å². The van der Waals surface area contributed by atoms with Gasteiger partial charge in [-0.05, 0) is 29.8 Å². The minimum atomic E-state index is -0.713. The topological polar surface area (TPSA) is 106 Å². The van der Waals surface area contributed by atoms with Gasteiger partial charge in [0.05, 0.1) is 19.8 Å². The van der Waals surface area contributed by atoms with Crippen molar-refractivity contribution >= 4 is 35.5 Å². The van der Waals surface area contributed by atoms with Gasteiger partial charge in [-0.15, -0.1) is 0 Å². The van der Waals surface area contributed by atoms with E-state index in [9.17, 15) is 9.59 Å². The van der Waals surface area contributed by atoms with E-state index in [2.05, 4.69) is 4.98 Å². The summed E-state index contributed by atoms with van der Waals surface area (Å²) in [6.45, 7) is 0. The molecule has 0 saturated heterocycles. The number of pyridine rings is 1. The maximum atomic E-state index is 12.8. The fraction of sp³-hybridized carbons (Fsp3) is 0.174. The minimum Gasteiger partial charge on any atom is -0.870 e. The van der Waals surface area contributed by atoms with Gasteiger partial charge in [-0.2, -0.15) is 0 Å². The molecule has 9 heteroatoms. The molecule has 0 fully saturated rings. The Kier molecular flexibility index (Phi) is 9.02. The Morgan fingerprint density at radius 2 is 1.62 bits per heavy atom. The van der Waals surface area contributed by atoms with E-state index in [0.717, 1.165) is 0 Å². The summed E-state index contributed by atoms with van der Waals surface area (Å²) in [6, 6.07) is 11.4. The Morgan fingerprint density at radius 1 is 1.00 bits per heavy atom. The van der Waals surface area contributed by atoms with Crippen molar-refractivity contribution < 1.29 is 34.3 Å². The SMILES string of the molecule is COc1ccc([C@H](Cc2c(Cl)c[nH+]cc2Cl)OC(=O)c2ccc(C=O)cc2)cc1OC.[OH-]. The van der Waals surface area contributed by atoms with Crippen LogP contribution in [0.2, 0.25) is 10.0 Å². The first kappa shape index (κ1) is 25.1. The molecule has 0 aliphatic heterocycles. The number of halogens is 2. The minimum absolute atomic E-state index is 0. The summed E-state index contributed by atoms with van der Waals surface area (Å²) in [6.07, 6.45) is 3.44. The van der Waals surface area contributed by atoms with Crippen molar-refractivity contribution in [3.8, 4) is 11.5 Å². The van der Waals surface area contributed by atoms with Gasteiger partial charge in [-0.3, -0.25) is 4.79 Å². The van der Waals surface area contributed by atoms with Gasteiger partial charge in [0.1, 0.15) is 22.4 Å². The van der Waals surface area contributed by atoms with Crippen LogP contribution in [0.15, 0.2) is 54.9 Å². The average Bonchev–Trinajstić information content (AvgIpc) is 2.80. The Bertz CT molecular complexity index is 1070. The van der Waals surface area contributed by atoms with Crippen LogP contribution in [-0.4, -0.2) is 32.0 Å². The molecule has 2 N–H and O–H groups in total. The number of hydrogen-bond acceptors (Lipinski definition) is 6. The van der Waals surface area contributed by atoms with Gasteiger partial charge in [0.15, 0.2) is 23.9 Å². The highest BCUT2D eigenvalue weighted by Crippen LogP contribution is 2.35. The van der Waals surface area contributed by atoms with E-state index >= 15 is 0 Å². The van der Waals surface area contributed by atoms with Crippen molar-refractivity contribution in [1.82, 2.24) is 0 Å². The second-order valence-electron chi connectivity index (χ2n) is 6.58. The van der Waals surface area contributed by atoms with Crippen molar-refractivity contribution in [3.63, 3.8) is 0 Å². The summed E-state index contributed by atoms with van der Waals surface area (Å²) in [7, 11) is 3.07. The molecule has 0 aliphatic carbocycles. The molecule has 32 heavy (non-hydrogen) atoms. The largest absolute Gasteiger partial charge is 0.870 e. The van der Waals surface area contributed by atoms with Crippen molar-refractivity contribution in [3.05, 3.63) is 87.2 Å². The van der Waals surface area contributed by atoms with Crippen LogP contribution in [0.4, 0.5) is 0 Å². The van der Waals surface area contributed by atoms with E-state index in [4.69, 9.17) is 37.4 Å². The van der Waals surface area contributed by atoms with Crippen LogP contribution >= 0.6 is 23.2 Å². The summed E-state index contributed by atoms with van der Waals surface area (Å²) >= 11 is 12.6. The molecule has 1 heterocycles. The Hall–Kier alpha value is -3.13. The fourth-order valence-electron chi connectivity index (χ4n) is 3.03. The van der Waals surface area contributed by atoms with Crippen LogP contribution in [0.25, 0.3) is 0 Å². The maximum Gasteiger partial charge on any atom is 0.338 e. The van der Waals surface area contributed by atoms with Crippen molar-refractivity contribution in [2.45, 2.75) is 12.5 Å². The van der Waals surface area contributed by atoms with Gasteiger partial charge in [0, 0.05) is 17.5 Å². The third-order valence-electron chi connectivity index (χ3n) is 4.70. The van der Waals surface area contributed by atoms with Crippen LogP contribution in [0.1, 0.15) is 37.9 Å². The third kappa shape index (κ3) is 5.76. The number of nitrogens with one attached hydrogen (secondary N) is 1. The zero-order valence-electron chi connectivity index (χ0n) is 17.3. The molecule has 0 amide bonds. The molecule has 0 unspecified atom stereocenters. The van der Waals surface area contributed by atoms with Gasteiger partial charge in [-0.25, -0.2) is 9.78 Å². The van der Waals surface area contributed by atoms with Gasteiger partial charge >= 0.3 is 5.97 Å².